The van der Waals surface area contributed by atoms with Gasteiger partial charge in [-0.2, -0.15) is 10.2 Å². The van der Waals surface area contributed by atoms with Crippen LogP contribution in [0.15, 0.2) is 17.1 Å². The van der Waals surface area contributed by atoms with Gasteiger partial charge in [-0.05, 0) is 19.9 Å². The Morgan fingerprint density at radius 2 is 2.06 bits per heavy atom. The Kier molecular flexibility index (Phi) is 3.73. The summed E-state index contributed by atoms with van der Waals surface area (Å²) in [4.78, 5) is 11.9. The molecule has 0 atom stereocenters. The molecule has 18 heavy (non-hydrogen) atoms. The largest absolute Gasteiger partial charge is 0.287 e. The second kappa shape index (κ2) is 5.12. The minimum atomic E-state index is -0.398. The molecule has 5 nitrogen and oxygen atoms in total. The smallest absolute Gasteiger partial charge is 0.268 e. The average Bonchev–Trinajstić information content (AvgIpc) is 2.70. The summed E-state index contributed by atoms with van der Waals surface area (Å²) in [5.74, 6) is 0. The van der Waals surface area contributed by atoms with Gasteiger partial charge in [-0.25, -0.2) is 4.68 Å². The normalized spacial score (nSPS) is 10.9. The molecule has 2 aromatic rings. The number of aryl methyl sites for hydroxylation is 2. The molecule has 2 rings (SSSR count). The molecule has 0 radical (unpaired) electrons. The Labute approximate surface area is 114 Å². The summed E-state index contributed by atoms with van der Waals surface area (Å²) >= 11 is 11.5. The minimum absolute atomic E-state index is 0.00838. The monoisotopic (exact) mass is 286 g/mol. The summed E-state index contributed by atoms with van der Waals surface area (Å²) < 4.78 is 3.10. The Morgan fingerprint density at radius 3 is 2.72 bits per heavy atom. The van der Waals surface area contributed by atoms with E-state index in [1.54, 1.807) is 0 Å². The van der Waals surface area contributed by atoms with Crippen molar-refractivity contribution in [2.24, 2.45) is 0 Å². The first-order valence-corrected chi connectivity index (χ1v) is 6.23. The fraction of sp³-hybridized carbons (Fsp3) is 0.364. The van der Waals surface area contributed by atoms with Crippen molar-refractivity contribution in [2.75, 3.05) is 0 Å². The molecule has 0 spiro atoms. The molecule has 0 saturated carbocycles. The lowest BCUT2D eigenvalue weighted by Crippen LogP contribution is -2.25. The van der Waals surface area contributed by atoms with E-state index in [9.17, 15) is 4.79 Å². The maximum Gasteiger partial charge on any atom is 0.287 e. The molecule has 0 aliphatic carbocycles. The molecule has 0 N–H and O–H groups in total. The third-order valence-corrected chi connectivity index (χ3v) is 3.29. The average molecular weight is 287 g/mol. The van der Waals surface area contributed by atoms with Crippen LogP contribution in [-0.2, 0) is 13.1 Å². The van der Waals surface area contributed by atoms with Crippen molar-refractivity contribution in [3.8, 4) is 0 Å². The van der Waals surface area contributed by atoms with Crippen LogP contribution in [0.2, 0.25) is 10.0 Å². The summed E-state index contributed by atoms with van der Waals surface area (Å²) in [5.41, 5.74) is 1.41. The Hall–Kier alpha value is -1.33. The van der Waals surface area contributed by atoms with Crippen molar-refractivity contribution in [3.63, 3.8) is 0 Å². The van der Waals surface area contributed by atoms with Crippen molar-refractivity contribution < 1.29 is 0 Å². The SMILES string of the molecule is CCn1nc(C)cc1Cn1ncc(Cl)c(Cl)c1=O. The molecule has 0 amide bonds. The molecule has 0 saturated heterocycles. The van der Waals surface area contributed by atoms with E-state index >= 15 is 0 Å². The molecule has 7 heteroatoms. The predicted octanol–water partition coefficient (Wildman–Crippen LogP) is 2.12. The molecule has 2 heterocycles. The van der Waals surface area contributed by atoms with Gasteiger partial charge in [0.1, 0.15) is 5.02 Å². The van der Waals surface area contributed by atoms with Crippen molar-refractivity contribution in [2.45, 2.75) is 26.9 Å². The molecule has 0 unspecified atom stereocenters. The summed E-state index contributed by atoms with van der Waals surface area (Å²) in [7, 11) is 0. The van der Waals surface area contributed by atoms with Gasteiger partial charge in [0.2, 0.25) is 0 Å². The summed E-state index contributed by atoms with van der Waals surface area (Å²) in [6.07, 6.45) is 1.37. The highest BCUT2D eigenvalue weighted by Gasteiger charge is 2.10. The van der Waals surface area contributed by atoms with Crippen molar-refractivity contribution in [1.29, 1.82) is 0 Å². The topological polar surface area (TPSA) is 52.7 Å². The zero-order valence-electron chi connectivity index (χ0n) is 10.0. The molecule has 0 aromatic carbocycles. The van der Waals surface area contributed by atoms with Crippen LogP contribution in [0.5, 0.6) is 0 Å². The molecule has 96 valence electrons. The van der Waals surface area contributed by atoms with Crippen molar-refractivity contribution >= 4 is 23.2 Å². The second-order valence-corrected chi connectivity index (χ2v) is 4.65. The fourth-order valence-corrected chi connectivity index (χ4v) is 1.98. The fourth-order valence-electron chi connectivity index (χ4n) is 1.71. The van der Waals surface area contributed by atoms with Gasteiger partial charge in [0.25, 0.3) is 5.56 Å². The number of hydrogen-bond acceptors (Lipinski definition) is 3. The Morgan fingerprint density at radius 1 is 1.33 bits per heavy atom. The van der Waals surface area contributed by atoms with E-state index in [2.05, 4.69) is 10.2 Å². The highest BCUT2D eigenvalue weighted by Crippen LogP contribution is 2.15. The summed E-state index contributed by atoms with van der Waals surface area (Å²) in [6, 6.07) is 1.92. The van der Waals surface area contributed by atoms with Crippen LogP contribution < -0.4 is 5.56 Å². The molecular weight excluding hydrogens is 275 g/mol. The summed E-state index contributed by atoms with van der Waals surface area (Å²) in [5, 5.41) is 8.43. The van der Waals surface area contributed by atoms with E-state index in [0.717, 1.165) is 17.9 Å². The van der Waals surface area contributed by atoms with E-state index in [1.807, 2.05) is 24.6 Å². The number of hydrogen-bond donors (Lipinski definition) is 0. The van der Waals surface area contributed by atoms with Crippen LogP contribution in [-0.4, -0.2) is 19.6 Å². The lowest BCUT2D eigenvalue weighted by Gasteiger charge is -2.07. The van der Waals surface area contributed by atoms with Gasteiger partial charge in [0.15, 0.2) is 0 Å². The lowest BCUT2D eigenvalue weighted by molar-refractivity contribution is 0.559. The highest BCUT2D eigenvalue weighted by molar-refractivity contribution is 6.41. The maximum absolute atomic E-state index is 11.9. The molecular formula is C11H12Cl2N4O. The van der Waals surface area contributed by atoms with Crippen LogP contribution in [0.1, 0.15) is 18.3 Å². The van der Waals surface area contributed by atoms with Gasteiger partial charge in [0, 0.05) is 6.54 Å². The lowest BCUT2D eigenvalue weighted by atomic mass is 10.3. The number of aromatic nitrogens is 4. The van der Waals surface area contributed by atoms with Crippen molar-refractivity contribution in [1.82, 2.24) is 19.6 Å². The number of halogens is 2. The highest BCUT2D eigenvalue weighted by atomic mass is 35.5. The van der Waals surface area contributed by atoms with E-state index < -0.39 is 5.56 Å². The van der Waals surface area contributed by atoms with E-state index in [0.29, 0.717) is 6.54 Å². The molecule has 0 aliphatic rings. The van der Waals surface area contributed by atoms with E-state index in [-0.39, 0.29) is 10.0 Å². The molecule has 2 aromatic heterocycles. The van der Waals surface area contributed by atoms with Gasteiger partial charge in [0.05, 0.1) is 29.2 Å². The number of rotatable bonds is 3. The third-order valence-electron chi connectivity index (χ3n) is 2.54. The van der Waals surface area contributed by atoms with Crippen LogP contribution in [0.3, 0.4) is 0 Å². The molecule has 0 fully saturated rings. The standard InChI is InChI=1S/C11H12Cl2N4O/c1-3-16-8(4-7(2)15-16)6-17-11(18)10(13)9(12)5-14-17/h4-5H,3,6H2,1-2H3. The second-order valence-electron chi connectivity index (χ2n) is 3.86. The van der Waals surface area contributed by atoms with Crippen LogP contribution in [0.4, 0.5) is 0 Å². The quantitative estimate of drug-likeness (QED) is 0.869. The third kappa shape index (κ3) is 2.42. The van der Waals surface area contributed by atoms with E-state index in [4.69, 9.17) is 23.2 Å². The first kappa shape index (κ1) is 13.1. The zero-order valence-corrected chi connectivity index (χ0v) is 11.5. The first-order valence-electron chi connectivity index (χ1n) is 5.47. The minimum Gasteiger partial charge on any atom is -0.268 e. The van der Waals surface area contributed by atoms with Crippen LogP contribution in [0, 0.1) is 6.92 Å². The van der Waals surface area contributed by atoms with Gasteiger partial charge < -0.3 is 0 Å². The van der Waals surface area contributed by atoms with E-state index in [1.165, 1.54) is 10.9 Å². The number of nitrogens with zero attached hydrogens (tertiary/aromatic N) is 4. The first-order chi connectivity index (χ1) is 8.52. The van der Waals surface area contributed by atoms with Crippen LogP contribution >= 0.6 is 23.2 Å². The zero-order chi connectivity index (χ0) is 13.3. The predicted molar refractivity (Wildman–Crippen MR) is 70.3 cm³/mol. The molecule has 0 aliphatic heterocycles. The van der Waals surface area contributed by atoms with Gasteiger partial charge >= 0.3 is 0 Å². The maximum atomic E-state index is 11.9. The van der Waals surface area contributed by atoms with Crippen molar-refractivity contribution in [3.05, 3.63) is 44.1 Å². The van der Waals surface area contributed by atoms with Gasteiger partial charge in [-0.3, -0.25) is 9.48 Å². The van der Waals surface area contributed by atoms with Crippen LogP contribution in [0.25, 0.3) is 0 Å². The Bertz CT molecular complexity index is 632. The Balaban J connectivity index is 2.40. The molecule has 0 bridgehead atoms. The summed E-state index contributed by atoms with van der Waals surface area (Å²) in [6.45, 7) is 4.95. The van der Waals surface area contributed by atoms with Gasteiger partial charge in [-0.15, -0.1) is 0 Å². The van der Waals surface area contributed by atoms with Gasteiger partial charge in [-0.1, -0.05) is 23.2 Å².